The number of pyridine rings is 1. The van der Waals surface area contributed by atoms with Crippen LogP contribution in [0.5, 0.6) is 0 Å². The maximum Gasteiger partial charge on any atom is 0.272 e. The topological polar surface area (TPSA) is 57.0 Å². The second kappa shape index (κ2) is 8.13. The van der Waals surface area contributed by atoms with Crippen LogP contribution in [0.4, 0.5) is 0 Å². The molecule has 4 heterocycles. The molecule has 0 spiro atoms. The van der Waals surface area contributed by atoms with Crippen LogP contribution in [0.2, 0.25) is 0 Å². The van der Waals surface area contributed by atoms with Crippen molar-refractivity contribution in [1.29, 1.82) is 0 Å². The fourth-order valence-corrected chi connectivity index (χ4v) is 6.00. The van der Waals surface area contributed by atoms with Crippen molar-refractivity contribution in [1.82, 2.24) is 14.5 Å². The third-order valence-corrected chi connectivity index (χ3v) is 7.71. The summed E-state index contributed by atoms with van der Waals surface area (Å²) in [6.45, 7) is 5.56. The van der Waals surface area contributed by atoms with Crippen LogP contribution in [-0.4, -0.2) is 27.2 Å². The molecule has 7 heteroatoms. The molecule has 0 bridgehead atoms. The maximum atomic E-state index is 13.5. The van der Waals surface area contributed by atoms with Crippen molar-refractivity contribution in [3.63, 3.8) is 0 Å². The molecular formula is C23H23N3O2S2. The molecular weight excluding hydrogens is 414 g/mol. The SMILES string of the molecule is Cc1ccc(C)c(CSc2nc3c(sc4ncccc43)c(=O)n2CC2CCCO2)c1. The summed E-state index contributed by atoms with van der Waals surface area (Å²) in [5, 5.41) is 1.71. The molecule has 0 radical (unpaired) electrons. The molecule has 3 aromatic heterocycles. The first-order valence-electron chi connectivity index (χ1n) is 10.2. The first kappa shape index (κ1) is 19.7. The second-order valence-corrected chi connectivity index (χ2v) is 9.74. The van der Waals surface area contributed by atoms with E-state index in [0.29, 0.717) is 11.2 Å². The molecule has 0 amide bonds. The summed E-state index contributed by atoms with van der Waals surface area (Å²) >= 11 is 3.06. The number of fused-ring (bicyclic) bond motifs is 3. The van der Waals surface area contributed by atoms with Crippen molar-refractivity contribution < 1.29 is 4.74 Å². The normalized spacial score (nSPS) is 16.7. The summed E-state index contributed by atoms with van der Waals surface area (Å²) in [4.78, 5) is 23.7. The summed E-state index contributed by atoms with van der Waals surface area (Å²) in [6, 6.07) is 10.4. The van der Waals surface area contributed by atoms with Crippen molar-refractivity contribution in [2.75, 3.05) is 6.61 Å². The van der Waals surface area contributed by atoms with Crippen molar-refractivity contribution in [3.05, 3.63) is 63.6 Å². The van der Waals surface area contributed by atoms with Gasteiger partial charge in [0.1, 0.15) is 9.53 Å². The molecule has 154 valence electrons. The van der Waals surface area contributed by atoms with Crippen LogP contribution in [0, 0.1) is 13.8 Å². The number of thioether (sulfide) groups is 1. The summed E-state index contributed by atoms with van der Waals surface area (Å²) in [7, 11) is 0. The van der Waals surface area contributed by atoms with E-state index in [4.69, 9.17) is 9.72 Å². The van der Waals surface area contributed by atoms with Crippen molar-refractivity contribution >= 4 is 43.5 Å². The number of hydrogen-bond acceptors (Lipinski definition) is 6. The van der Waals surface area contributed by atoms with Gasteiger partial charge in [-0.1, -0.05) is 35.5 Å². The Morgan fingerprint density at radius 3 is 3.03 bits per heavy atom. The molecule has 0 saturated carbocycles. The molecule has 1 saturated heterocycles. The minimum Gasteiger partial charge on any atom is -0.376 e. The third kappa shape index (κ3) is 3.66. The fraction of sp³-hybridized carbons (Fsp3) is 0.348. The summed E-state index contributed by atoms with van der Waals surface area (Å²) in [5.41, 5.74) is 4.55. The first-order chi connectivity index (χ1) is 14.6. The highest BCUT2D eigenvalue weighted by molar-refractivity contribution is 7.98. The lowest BCUT2D eigenvalue weighted by Gasteiger charge is -2.16. The van der Waals surface area contributed by atoms with Gasteiger partial charge >= 0.3 is 0 Å². The minimum atomic E-state index is 0.0157. The van der Waals surface area contributed by atoms with Crippen LogP contribution < -0.4 is 5.56 Å². The van der Waals surface area contributed by atoms with Gasteiger partial charge < -0.3 is 4.74 Å². The Bertz CT molecular complexity index is 1290. The Kier molecular flexibility index (Phi) is 5.35. The molecule has 5 rings (SSSR count). The molecule has 1 aliphatic heterocycles. The van der Waals surface area contributed by atoms with Crippen LogP contribution in [0.15, 0.2) is 46.5 Å². The number of thiophene rings is 1. The van der Waals surface area contributed by atoms with Crippen LogP contribution in [0.3, 0.4) is 0 Å². The lowest BCUT2D eigenvalue weighted by molar-refractivity contribution is 0.0938. The Hall–Kier alpha value is -2.22. The van der Waals surface area contributed by atoms with Crippen molar-refractivity contribution in [3.8, 4) is 0 Å². The van der Waals surface area contributed by atoms with E-state index >= 15 is 0 Å². The minimum absolute atomic E-state index is 0.0157. The van der Waals surface area contributed by atoms with Gasteiger partial charge in [0.2, 0.25) is 0 Å². The van der Waals surface area contributed by atoms with E-state index in [1.54, 1.807) is 18.0 Å². The standard InChI is InChI=1S/C23H23N3O2S2/c1-14-7-8-15(2)16(11-14)13-29-23-25-19-18-6-3-9-24-21(18)30-20(19)22(27)26(23)12-17-5-4-10-28-17/h3,6-9,11,17H,4-5,10,12-13H2,1-2H3. The Balaban J connectivity index is 1.60. The van der Waals surface area contributed by atoms with E-state index in [1.807, 2.05) is 16.7 Å². The first-order valence-corrected chi connectivity index (χ1v) is 12.0. The zero-order chi connectivity index (χ0) is 20.7. The molecule has 30 heavy (non-hydrogen) atoms. The predicted octanol–water partition coefficient (Wildman–Crippen LogP) is 5.09. The van der Waals surface area contributed by atoms with E-state index in [2.05, 4.69) is 37.0 Å². The lowest BCUT2D eigenvalue weighted by atomic mass is 10.1. The molecule has 1 unspecified atom stereocenters. The van der Waals surface area contributed by atoms with Gasteiger partial charge in [-0.15, -0.1) is 11.3 Å². The van der Waals surface area contributed by atoms with E-state index in [-0.39, 0.29) is 11.7 Å². The fourth-order valence-electron chi connectivity index (χ4n) is 3.90. The molecule has 5 nitrogen and oxygen atoms in total. The van der Waals surface area contributed by atoms with E-state index in [1.165, 1.54) is 28.0 Å². The van der Waals surface area contributed by atoms with Crippen molar-refractivity contribution in [2.45, 2.75) is 50.2 Å². The maximum absolute atomic E-state index is 13.5. The number of rotatable bonds is 5. The van der Waals surface area contributed by atoms with Gasteiger partial charge in [-0.3, -0.25) is 9.36 Å². The Morgan fingerprint density at radius 2 is 2.20 bits per heavy atom. The Morgan fingerprint density at radius 1 is 1.30 bits per heavy atom. The lowest BCUT2D eigenvalue weighted by Crippen LogP contribution is -2.28. The van der Waals surface area contributed by atoms with E-state index in [9.17, 15) is 4.79 Å². The van der Waals surface area contributed by atoms with Gasteiger partial charge in [0.25, 0.3) is 5.56 Å². The Labute approximate surface area is 183 Å². The van der Waals surface area contributed by atoms with Crippen LogP contribution in [0.1, 0.15) is 29.5 Å². The van der Waals surface area contributed by atoms with E-state index < -0.39 is 0 Å². The van der Waals surface area contributed by atoms with Crippen LogP contribution >= 0.6 is 23.1 Å². The second-order valence-electron chi connectivity index (χ2n) is 7.80. The molecule has 1 atom stereocenters. The molecule has 1 fully saturated rings. The number of benzene rings is 1. The highest BCUT2D eigenvalue weighted by Crippen LogP contribution is 2.32. The molecule has 4 aromatic rings. The van der Waals surface area contributed by atoms with Gasteiger partial charge in [0.15, 0.2) is 5.16 Å². The zero-order valence-electron chi connectivity index (χ0n) is 17.1. The van der Waals surface area contributed by atoms with Gasteiger partial charge in [-0.05, 0) is 49.9 Å². The highest BCUT2D eigenvalue weighted by atomic mass is 32.2. The van der Waals surface area contributed by atoms with Gasteiger partial charge in [0, 0.05) is 23.9 Å². The summed E-state index contributed by atoms with van der Waals surface area (Å²) in [6.07, 6.45) is 3.88. The monoisotopic (exact) mass is 437 g/mol. The summed E-state index contributed by atoms with van der Waals surface area (Å²) in [5.74, 6) is 0.775. The average Bonchev–Trinajstić information content (AvgIpc) is 3.39. The van der Waals surface area contributed by atoms with Gasteiger partial charge in [-0.2, -0.15) is 0 Å². The number of hydrogen-bond donors (Lipinski definition) is 0. The number of ether oxygens (including phenoxy) is 1. The predicted molar refractivity (Wildman–Crippen MR) is 124 cm³/mol. The van der Waals surface area contributed by atoms with E-state index in [0.717, 1.165) is 46.1 Å². The number of aromatic nitrogens is 3. The molecule has 0 aliphatic carbocycles. The van der Waals surface area contributed by atoms with Crippen LogP contribution in [0.25, 0.3) is 20.4 Å². The zero-order valence-corrected chi connectivity index (χ0v) is 18.7. The molecule has 1 aliphatic rings. The van der Waals surface area contributed by atoms with Gasteiger partial charge in [0.05, 0.1) is 18.2 Å². The summed E-state index contributed by atoms with van der Waals surface area (Å²) < 4.78 is 8.33. The van der Waals surface area contributed by atoms with Gasteiger partial charge in [-0.25, -0.2) is 9.97 Å². The highest BCUT2D eigenvalue weighted by Gasteiger charge is 2.22. The largest absolute Gasteiger partial charge is 0.376 e. The quantitative estimate of drug-likeness (QED) is 0.321. The average molecular weight is 438 g/mol. The van der Waals surface area contributed by atoms with Crippen LogP contribution in [-0.2, 0) is 17.0 Å². The molecule has 1 aromatic carbocycles. The molecule has 0 N–H and O–H groups in total. The number of aryl methyl sites for hydroxylation is 2. The number of nitrogens with zero attached hydrogens (tertiary/aromatic N) is 3. The van der Waals surface area contributed by atoms with Crippen molar-refractivity contribution in [2.24, 2.45) is 0 Å². The smallest absolute Gasteiger partial charge is 0.272 e. The third-order valence-electron chi connectivity index (χ3n) is 5.59.